The van der Waals surface area contributed by atoms with E-state index in [1.807, 2.05) is 12.3 Å². The van der Waals surface area contributed by atoms with E-state index >= 15 is 0 Å². The third-order valence-corrected chi connectivity index (χ3v) is 4.50. The van der Waals surface area contributed by atoms with Crippen molar-refractivity contribution in [1.82, 2.24) is 9.88 Å². The van der Waals surface area contributed by atoms with Crippen molar-refractivity contribution in [3.63, 3.8) is 0 Å². The summed E-state index contributed by atoms with van der Waals surface area (Å²) in [5, 5.41) is 1.20. The van der Waals surface area contributed by atoms with Crippen molar-refractivity contribution in [2.75, 3.05) is 13.1 Å². The van der Waals surface area contributed by atoms with Gasteiger partial charge in [-0.05, 0) is 37.9 Å². The minimum Gasteiger partial charge on any atom is -0.329 e. The fourth-order valence-corrected chi connectivity index (χ4v) is 3.42. The Balaban J connectivity index is 2.02. The predicted molar refractivity (Wildman–Crippen MR) is 83.6 cm³/mol. The van der Waals surface area contributed by atoms with Gasteiger partial charge in [-0.2, -0.15) is 0 Å². The van der Waals surface area contributed by atoms with Crippen LogP contribution in [0.15, 0.2) is 36.5 Å². The third kappa shape index (κ3) is 2.43. The van der Waals surface area contributed by atoms with Gasteiger partial charge >= 0.3 is 0 Å². The van der Waals surface area contributed by atoms with E-state index in [9.17, 15) is 0 Å². The normalized spacial score (nSPS) is 22.0. The number of piperidine rings is 1. The number of nitrogens with two attached hydrogens (primary N) is 1. The molecule has 1 aliphatic heterocycles. The Bertz CT molecular complexity index is 576. The van der Waals surface area contributed by atoms with E-state index in [4.69, 9.17) is 5.73 Å². The quantitative estimate of drug-likeness (QED) is 0.931. The van der Waals surface area contributed by atoms with Crippen molar-refractivity contribution in [2.24, 2.45) is 5.73 Å². The fraction of sp³-hybridized carbons (Fsp3) is 0.471. The van der Waals surface area contributed by atoms with Gasteiger partial charge in [-0.1, -0.05) is 30.7 Å². The van der Waals surface area contributed by atoms with Gasteiger partial charge in [-0.15, -0.1) is 0 Å². The fourth-order valence-electron chi connectivity index (χ4n) is 3.42. The molecule has 106 valence electrons. The first-order valence-corrected chi connectivity index (χ1v) is 7.60. The molecule has 0 spiro atoms. The summed E-state index contributed by atoms with van der Waals surface area (Å²) in [4.78, 5) is 7.15. The molecule has 3 nitrogen and oxygen atoms in total. The zero-order chi connectivity index (χ0) is 13.9. The average molecular weight is 269 g/mol. The van der Waals surface area contributed by atoms with Crippen molar-refractivity contribution in [3.05, 3.63) is 42.1 Å². The maximum absolute atomic E-state index is 6.12. The molecule has 20 heavy (non-hydrogen) atoms. The standard InChI is InChI=1S/C17H23N3/c1-13-6-2-3-11-20(13)16(12-18)15-9-4-7-14-8-5-10-19-17(14)15/h4-5,7-10,13,16H,2-3,6,11-12,18H2,1H3. The maximum Gasteiger partial charge on any atom is 0.0750 e. The molecule has 1 aromatic heterocycles. The first kappa shape index (κ1) is 13.5. The van der Waals surface area contributed by atoms with Crippen LogP contribution < -0.4 is 5.73 Å². The number of pyridine rings is 1. The smallest absolute Gasteiger partial charge is 0.0750 e. The highest BCUT2D eigenvalue weighted by molar-refractivity contribution is 5.82. The molecule has 2 heterocycles. The lowest BCUT2D eigenvalue weighted by atomic mass is 9.95. The van der Waals surface area contributed by atoms with E-state index in [0.29, 0.717) is 12.6 Å². The lowest BCUT2D eigenvalue weighted by Crippen LogP contribution is -2.43. The molecule has 3 rings (SSSR count). The van der Waals surface area contributed by atoms with Crippen molar-refractivity contribution >= 4 is 10.9 Å². The van der Waals surface area contributed by atoms with Crippen LogP contribution in [0.3, 0.4) is 0 Å². The van der Waals surface area contributed by atoms with E-state index in [0.717, 1.165) is 12.1 Å². The van der Waals surface area contributed by atoms with Gasteiger partial charge in [0.15, 0.2) is 0 Å². The number of hydrogen-bond acceptors (Lipinski definition) is 3. The van der Waals surface area contributed by atoms with Crippen molar-refractivity contribution in [1.29, 1.82) is 0 Å². The van der Waals surface area contributed by atoms with Crippen LogP contribution >= 0.6 is 0 Å². The van der Waals surface area contributed by atoms with E-state index in [-0.39, 0.29) is 6.04 Å². The summed E-state index contributed by atoms with van der Waals surface area (Å²) in [6.45, 7) is 4.12. The van der Waals surface area contributed by atoms with Gasteiger partial charge in [0.25, 0.3) is 0 Å². The number of para-hydroxylation sites is 1. The Morgan fingerprint density at radius 1 is 1.30 bits per heavy atom. The summed E-state index contributed by atoms with van der Waals surface area (Å²) in [6.07, 6.45) is 5.76. The molecule has 1 fully saturated rings. The lowest BCUT2D eigenvalue weighted by Gasteiger charge is -2.39. The second-order valence-electron chi connectivity index (χ2n) is 5.76. The van der Waals surface area contributed by atoms with Crippen LogP contribution in [0.1, 0.15) is 37.8 Å². The van der Waals surface area contributed by atoms with Gasteiger partial charge in [-0.25, -0.2) is 0 Å². The second kappa shape index (κ2) is 5.90. The molecule has 0 bridgehead atoms. The number of nitrogens with zero attached hydrogens (tertiary/aromatic N) is 2. The number of likely N-dealkylation sites (tertiary alicyclic amines) is 1. The Hall–Kier alpha value is -1.45. The summed E-state index contributed by atoms with van der Waals surface area (Å²) in [6, 6.07) is 11.4. The minimum atomic E-state index is 0.281. The number of fused-ring (bicyclic) bond motifs is 1. The first-order chi connectivity index (χ1) is 9.81. The van der Waals surface area contributed by atoms with Crippen LogP contribution in [-0.2, 0) is 0 Å². The van der Waals surface area contributed by atoms with Crippen LogP contribution in [-0.4, -0.2) is 29.0 Å². The molecule has 1 aliphatic rings. The molecule has 3 heteroatoms. The summed E-state index contributed by atoms with van der Waals surface area (Å²) >= 11 is 0. The van der Waals surface area contributed by atoms with Crippen LogP contribution in [0.4, 0.5) is 0 Å². The molecule has 1 saturated heterocycles. The second-order valence-corrected chi connectivity index (χ2v) is 5.76. The highest BCUT2D eigenvalue weighted by atomic mass is 15.2. The molecule has 2 aromatic rings. The van der Waals surface area contributed by atoms with Crippen molar-refractivity contribution in [3.8, 4) is 0 Å². The van der Waals surface area contributed by atoms with Crippen LogP contribution in [0.25, 0.3) is 10.9 Å². The zero-order valence-electron chi connectivity index (χ0n) is 12.1. The minimum absolute atomic E-state index is 0.281. The Morgan fingerprint density at radius 3 is 2.95 bits per heavy atom. The van der Waals surface area contributed by atoms with Crippen molar-refractivity contribution < 1.29 is 0 Å². The maximum atomic E-state index is 6.12. The van der Waals surface area contributed by atoms with Crippen LogP contribution in [0.5, 0.6) is 0 Å². The summed E-state index contributed by atoms with van der Waals surface area (Å²) in [5.41, 5.74) is 8.50. The molecular formula is C17H23N3. The molecule has 0 saturated carbocycles. The van der Waals surface area contributed by atoms with E-state index in [1.165, 1.54) is 30.2 Å². The van der Waals surface area contributed by atoms with Gasteiger partial charge in [0, 0.05) is 30.2 Å². The largest absolute Gasteiger partial charge is 0.329 e. The molecule has 0 radical (unpaired) electrons. The first-order valence-electron chi connectivity index (χ1n) is 7.60. The number of rotatable bonds is 3. The zero-order valence-corrected chi connectivity index (χ0v) is 12.1. The predicted octanol–water partition coefficient (Wildman–Crippen LogP) is 3.11. The molecular weight excluding hydrogens is 246 g/mol. The van der Waals surface area contributed by atoms with E-state index in [2.05, 4.69) is 41.1 Å². The topological polar surface area (TPSA) is 42.1 Å². The molecule has 2 unspecified atom stereocenters. The highest BCUT2D eigenvalue weighted by Gasteiger charge is 2.27. The SMILES string of the molecule is CC1CCCCN1C(CN)c1cccc2cccnc12. The van der Waals surface area contributed by atoms with Crippen LogP contribution in [0.2, 0.25) is 0 Å². The van der Waals surface area contributed by atoms with Gasteiger partial charge in [0.2, 0.25) is 0 Å². The molecule has 1 aromatic carbocycles. The lowest BCUT2D eigenvalue weighted by molar-refractivity contribution is 0.109. The highest BCUT2D eigenvalue weighted by Crippen LogP contribution is 2.31. The van der Waals surface area contributed by atoms with Gasteiger partial charge in [-0.3, -0.25) is 9.88 Å². The third-order valence-electron chi connectivity index (χ3n) is 4.50. The molecule has 2 atom stereocenters. The number of aromatic nitrogens is 1. The monoisotopic (exact) mass is 269 g/mol. The van der Waals surface area contributed by atoms with Gasteiger partial charge in [0.05, 0.1) is 5.52 Å². The Morgan fingerprint density at radius 2 is 2.15 bits per heavy atom. The van der Waals surface area contributed by atoms with Gasteiger partial charge in [0.1, 0.15) is 0 Å². The van der Waals surface area contributed by atoms with E-state index < -0.39 is 0 Å². The van der Waals surface area contributed by atoms with Crippen molar-refractivity contribution in [2.45, 2.75) is 38.3 Å². The summed E-state index contributed by atoms with van der Waals surface area (Å²) in [5.74, 6) is 0. The number of benzene rings is 1. The van der Waals surface area contributed by atoms with E-state index in [1.54, 1.807) is 0 Å². The molecule has 2 N–H and O–H groups in total. The molecule has 0 aliphatic carbocycles. The Kier molecular flexibility index (Phi) is 3.99. The van der Waals surface area contributed by atoms with Crippen LogP contribution in [0, 0.1) is 0 Å². The summed E-state index contributed by atoms with van der Waals surface area (Å²) < 4.78 is 0. The average Bonchev–Trinajstić information content (AvgIpc) is 2.50. The number of hydrogen-bond donors (Lipinski definition) is 1. The van der Waals surface area contributed by atoms with Gasteiger partial charge < -0.3 is 5.73 Å². The molecule has 0 amide bonds. The summed E-state index contributed by atoms with van der Waals surface area (Å²) in [7, 11) is 0. The Labute approximate surface area is 120 Å².